The molecule has 1 saturated carbocycles. The van der Waals surface area contributed by atoms with Crippen molar-refractivity contribution in [3.05, 3.63) is 42.5 Å². The summed E-state index contributed by atoms with van der Waals surface area (Å²) in [5.41, 5.74) is -0.986. The molecule has 0 saturated heterocycles. The van der Waals surface area contributed by atoms with E-state index in [1.165, 1.54) is 29.0 Å². The van der Waals surface area contributed by atoms with Crippen molar-refractivity contribution >= 4 is 10.0 Å². The second-order valence-electron chi connectivity index (χ2n) is 6.20. The topological polar surface area (TPSA) is 68.1 Å². The van der Waals surface area contributed by atoms with Crippen molar-refractivity contribution in [2.24, 2.45) is 0 Å². The van der Waals surface area contributed by atoms with Crippen LogP contribution >= 0.6 is 0 Å². The number of aromatic nitrogens is 3. The van der Waals surface area contributed by atoms with Gasteiger partial charge in [0.15, 0.2) is 5.69 Å². The van der Waals surface area contributed by atoms with Crippen LogP contribution in [0.2, 0.25) is 0 Å². The number of rotatable bonds is 6. The van der Waals surface area contributed by atoms with Crippen LogP contribution in [-0.2, 0) is 22.7 Å². The Kier molecular flexibility index (Phi) is 5.33. The zero-order valence-electron chi connectivity index (χ0n) is 13.9. The predicted molar refractivity (Wildman–Crippen MR) is 87.6 cm³/mol. The molecular formula is C16H19F3N4O2S. The van der Waals surface area contributed by atoms with Crippen LogP contribution in [0.15, 0.2) is 41.7 Å². The van der Waals surface area contributed by atoms with Crippen molar-refractivity contribution in [3.8, 4) is 0 Å². The first kappa shape index (κ1) is 18.8. The van der Waals surface area contributed by atoms with E-state index >= 15 is 0 Å². The summed E-state index contributed by atoms with van der Waals surface area (Å²) in [6, 6.07) is 3.75. The Morgan fingerprint density at radius 2 is 1.96 bits per heavy atom. The molecule has 1 aliphatic carbocycles. The SMILES string of the molecule is O=S(=O)(c1cccnc1)N(CCn1ccc(C(F)(F)F)n1)C1CCCC1. The highest BCUT2D eigenvalue weighted by atomic mass is 32.2. The smallest absolute Gasteiger partial charge is 0.271 e. The van der Waals surface area contributed by atoms with Crippen molar-refractivity contribution in [1.82, 2.24) is 19.1 Å². The van der Waals surface area contributed by atoms with E-state index in [9.17, 15) is 21.6 Å². The third-order valence-corrected chi connectivity index (χ3v) is 6.39. The fourth-order valence-corrected chi connectivity index (χ4v) is 4.81. The van der Waals surface area contributed by atoms with Gasteiger partial charge in [0.1, 0.15) is 4.90 Å². The molecule has 0 spiro atoms. The third-order valence-electron chi connectivity index (χ3n) is 4.45. The maximum absolute atomic E-state index is 13.0. The minimum Gasteiger partial charge on any atom is -0.271 e. The Morgan fingerprint density at radius 1 is 1.23 bits per heavy atom. The molecule has 2 aromatic rings. The van der Waals surface area contributed by atoms with Gasteiger partial charge in [-0.1, -0.05) is 12.8 Å². The molecule has 10 heteroatoms. The Bertz CT molecular complexity index is 831. The Balaban J connectivity index is 1.80. The van der Waals surface area contributed by atoms with E-state index in [1.54, 1.807) is 6.07 Å². The Hall–Kier alpha value is -1.94. The van der Waals surface area contributed by atoms with Gasteiger partial charge < -0.3 is 0 Å². The summed E-state index contributed by atoms with van der Waals surface area (Å²) in [7, 11) is -3.77. The van der Waals surface area contributed by atoms with E-state index in [1.807, 2.05) is 0 Å². The molecule has 2 aromatic heterocycles. The molecule has 26 heavy (non-hydrogen) atoms. The molecule has 0 N–H and O–H groups in total. The molecule has 0 unspecified atom stereocenters. The number of sulfonamides is 1. The number of alkyl halides is 3. The highest BCUT2D eigenvalue weighted by Crippen LogP contribution is 2.29. The molecule has 0 amide bonds. The molecule has 0 aliphatic heterocycles. The van der Waals surface area contributed by atoms with Crippen molar-refractivity contribution in [2.45, 2.75) is 49.3 Å². The van der Waals surface area contributed by atoms with Gasteiger partial charge in [0.25, 0.3) is 0 Å². The molecule has 0 bridgehead atoms. The highest BCUT2D eigenvalue weighted by Gasteiger charge is 2.35. The van der Waals surface area contributed by atoms with Crippen molar-refractivity contribution in [2.75, 3.05) is 6.54 Å². The van der Waals surface area contributed by atoms with Crippen LogP contribution in [0, 0.1) is 0 Å². The standard InChI is InChI=1S/C16H19F3N4O2S/c17-16(18,19)15-7-9-22(21-15)10-11-23(13-4-1-2-5-13)26(24,25)14-6-3-8-20-12-14/h3,6-9,12-13H,1-2,4-5,10-11H2. The number of halogens is 3. The molecule has 3 rings (SSSR count). The van der Waals surface area contributed by atoms with Crippen LogP contribution in [0.25, 0.3) is 0 Å². The molecule has 6 nitrogen and oxygen atoms in total. The summed E-state index contributed by atoms with van der Waals surface area (Å²) in [6.07, 6.45) is 2.82. The molecule has 0 radical (unpaired) electrons. The Labute approximate surface area is 149 Å². The average molecular weight is 388 g/mol. The van der Waals surface area contributed by atoms with Crippen molar-refractivity contribution in [1.29, 1.82) is 0 Å². The lowest BCUT2D eigenvalue weighted by atomic mass is 10.2. The molecule has 1 aliphatic rings. The van der Waals surface area contributed by atoms with Gasteiger partial charge in [0.05, 0.1) is 6.54 Å². The first-order valence-electron chi connectivity index (χ1n) is 8.31. The quantitative estimate of drug-likeness (QED) is 0.763. The largest absolute Gasteiger partial charge is 0.435 e. The van der Waals surface area contributed by atoms with Crippen molar-refractivity contribution in [3.63, 3.8) is 0 Å². The molecule has 1 fully saturated rings. The van der Waals surface area contributed by atoms with Gasteiger partial charge in [-0.2, -0.15) is 22.6 Å². The first-order valence-corrected chi connectivity index (χ1v) is 9.75. The molecule has 2 heterocycles. The first-order chi connectivity index (χ1) is 12.3. The fourth-order valence-electron chi connectivity index (χ4n) is 3.16. The van der Waals surface area contributed by atoms with Crippen LogP contribution in [0.1, 0.15) is 31.4 Å². The molecule has 0 aromatic carbocycles. The zero-order valence-corrected chi connectivity index (χ0v) is 14.7. The van der Waals surface area contributed by atoms with E-state index < -0.39 is 21.9 Å². The van der Waals surface area contributed by atoms with Gasteiger partial charge in [-0.25, -0.2) is 8.42 Å². The molecule has 142 valence electrons. The lowest BCUT2D eigenvalue weighted by molar-refractivity contribution is -0.141. The van der Waals surface area contributed by atoms with Gasteiger partial charge in [-0.15, -0.1) is 0 Å². The summed E-state index contributed by atoms with van der Waals surface area (Å²) in [5.74, 6) is 0. The van der Waals surface area contributed by atoms with Gasteiger partial charge in [-0.3, -0.25) is 9.67 Å². The fraction of sp³-hybridized carbons (Fsp3) is 0.500. The average Bonchev–Trinajstić information content (AvgIpc) is 3.27. The zero-order chi connectivity index (χ0) is 18.8. The number of pyridine rings is 1. The highest BCUT2D eigenvalue weighted by molar-refractivity contribution is 7.89. The maximum atomic E-state index is 13.0. The molecule has 0 atom stereocenters. The summed E-state index contributed by atoms with van der Waals surface area (Å²) < 4.78 is 66.5. The number of hydrogen-bond acceptors (Lipinski definition) is 4. The summed E-state index contributed by atoms with van der Waals surface area (Å²) in [6.45, 7) is 0.104. The second-order valence-corrected chi connectivity index (χ2v) is 8.10. The third kappa shape index (κ3) is 4.07. The monoisotopic (exact) mass is 388 g/mol. The van der Waals surface area contributed by atoms with Crippen LogP contribution in [0.5, 0.6) is 0 Å². The van der Waals surface area contributed by atoms with E-state index in [0.717, 1.165) is 36.4 Å². The van der Waals surface area contributed by atoms with Crippen LogP contribution < -0.4 is 0 Å². The molecular weight excluding hydrogens is 369 g/mol. The van der Waals surface area contributed by atoms with E-state index in [0.29, 0.717) is 0 Å². The maximum Gasteiger partial charge on any atom is 0.435 e. The Morgan fingerprint density at radius 3 is 2.54 bits per heavy atom. The van der Waals surface area contributed by atoms with E-state index in [-0.39, 0.29) is 24.0 Å². The lowest BCUT2D eigenvalue weighted by Crippen LogP contribution is -2.41. The second kappa shape index (κ2) is 7.36. The van der Waals surface area contributed by atoms with Crippen LogP contribution in [0.4, 0.5) is 13.2 Å². The van der Waals surface area contributed by atoms with Crippen LogP contribution in [-0.4, -0.2) is 40.1 Å². The van der Waals surface area contributed by atoms with Crippen molar-refractivity contribution < 1.29 is 21.6 Å². The minimum atomic E-state index is -4.52. The summed E-state index contributed by atoms with van der Waals surface area (Å²) in [4.78, 5) is 3.95. The normalized spacial score (nSPS) is 16.5. The number of nitrogens with zero attached hydrogens (tertiary/aromatic N) is 4. The van der Waals surface area contributed by atoms with Gasteiger partial charge >= 0.3 is 6.18 Å². The van der Waals surface area contributed by atoms with Gasteiger partial charge in [0.2, 0.25) is 10.0 Å². The van der Waals surface area contributed by atoms with E-state index in [4.69, 9.17) is 0 Å². The van der Waals surface area contributed by atoms with E-state index in [2.05, 4.69) is 10.1 Å². The summed E-state index contributed by atoms with van der Waals surface area (Å²) >= 11 is 0. The van der Waals surface area contributed by atoms with Gasteiger partial charge in [-0.05, 0) is 31.0 Å². The van der Waals surface area contributed by atoms with Crippen LogP contribution in [0.3, 0.4) is 0 Å². The van der Waals surface area contributed by atoms with Gasteiger partial charge in [0, 0.05) is 31.2 Å². The summed E-state index contributed by atoms with van der Waals surface area (Å²) in [5, 5.41) is 3.49. The number of hydrogen-bond donors (Lipinski definition) is 0. The minimum absolute atomic E-state index is 0.0477. The lowest BCUT2D eigenvalue weighted by Gasteiger charge is -2.28. The predicted octanol–water partition coefficient (Wildman–Crippen LogP) is 2.93.